The lowest BCUT2D eigenvalue weighted by Gasteiger charge is -2.18. The fourth-order valence-electron chi connectivity index (χ4n) is 4.16. The Morgan fingerprint density at radius 1 is 0.973 bits per heavy atom. The van der Waals surface area contributed by atoms with E-state index in [0.717, 1.165) is 24.0 Å². The summed E-state index contributed by atoms with van der Waals surface area (Å²) in [5.74, 6) is 0.108. The summed E-state index contributed by atoms with van der Waals surface area (Å²) >= 11 is 18.7. The molecule has 1 aromatic heterocycles. The summed E-state index contributed by atoms with van der Waals surface area (Å²) in [6, 6.07) is 22.2. The fourth-order valence-corrected chi connectivity index (χ4v) is 4.82. The number of hydrogen-bond acceptors (Lipinski definition) is 2. The Bertz CT molecular complexity index is 1300. The second-order valence-corrected chi connectivity index (χ2v) is 9.96. The maximum atomic E-state index is 13.3. The van der Waals surface area contributed by atoms with Crippen LogP contribution in [0.3, 0.4) is 0 Å². The molecule has 4 nitrogen and oxygen atoms in total. The van der Waals surface area contributed by atoms with E-state index in [1.54, 1.807) is 6.07 Å². The molecule has 8 heteroatoms. The van der Waals surface area contributed by atoms with E-state index in [4.69, 9.17) is 39.5 Å². The van der Waals surface area contributed by atoms with Gasteiger partial charge < -0.3 is 21.7 Å². The Morgan fingerprint density at radius 3 is 2.35 bits per heavy atom. The average Bonchev–Trinajstić information content (AvgIpc) is 3.34. The SMILES string of the molecule is CCCC(C(=O)c1ccccc1)[n+]1ccn(CC(OCc2ccc(Cl)cc2)c2ccc(Cl)cc2Cl)c1.[Br-]. The summed E-state index contributed by atoms with van der Waals surface area (Å²) in [6.07, 6.45) is 7.19. The highest BCUT2D eigenvalue weighted by molar-refractivity contribution is 6.35. The quantitative estimate of drug-likeness (QED) is 0.176. The Hall–Kier alpha value is -2.15. The van der Waals surface area contributed by atoms with E-state index in [2.05, 4.69) is 6.92 Å². The molecule has 0 fully saturated rings. The first-order valence-corrected chi connectivity index (χ1v) is 13.0. The second kappa shape index (κ2) is 14.1. The van der Waals surface area contributed by atoms with Gasteiger partial charge in [0.05, 0.1) is 6.61 Å². The van der Waals surface area contributed by atoms with Crippen LogP contribution in [0.5, 0.6) is 0 Å². The van der Waals surface area contributed by atoms with Crippen LogP contribution in [-0.4, -0.2) is 10.4 Å². The van der Waals surface area contributed by atoms with Gasteiger partial charge in [-0.2, -0.15) is 0 Å². The van der Waals surface area contributed by atoms with E-state index < -0.39 is 0 Å². The van der Waals surface area contributed by atoms with E-state index in [0.29, 0.717) is 33.8 Å². The lowest BCUT2D eigenvalue weighted by atomic mass is 10.0. The number of carbonyl (C=O) groups is 1. The normalized spacial score (nSPS) is 12.5. The van der Waals surface area contributed by atoms with E-state index in [1.165, 1.54) is 0 Å². The standard InChI is InChI=1S/C29H28Cl3N2O2.BrH/c1-2-6-27(29(35)22-7-4-3-5-8-22)34-16-15-33(20-34)18-28(25-14-13-24(31)17-26(25)32)36-19-21-9-11-23(30)12-10-21;/h3-5,7-17,20,27-28H,2,6,18-19H2,1H3;1H/q+1;/p-1. The number of carbonyl (C=O) groups excluding carboxylic acids is 1. The number of ether oxygens (including phenoxy) is 1. The van der Waals surface area contributed by atoms with E-state index >= 15 is 0 Å². The van der Waals surface area contributed by atoms with E-state index in [-0.39, 0.29) is 34.9 Å². The zero-order valence-corrected chi connectivity index (χ0v) is 24.2. The number of Topliss-reactive ketones (excluding diaryl/α,β-unsaturated/α-hetero) is 1. The molecule has 0 amide bonds. The molecule has 0 aliphatic heterocycles. The first-order valence-electron chi connectivity index (χ1n) is 11.9. The van der Waals surface area contributed by atoms with Crippen LogP contribution in [0.2, 0.25) is 15.1 Å². The maximum Gasteiger partial charge on any atom is 0.244 e. The molecule has 3 aromatic carbocycles. The van der Waals surface area contributed by atoms with Gasteiger partial charge in [-0.1, -0.05) is 96.7 Å². The van der Waals surface area contributed by atoms with Crippen molar-refractivity contribution in [2.75, 3.05) is 0 Å². The van der Waals surface area contributed by atoms with Crippen molar-refractivity contribution in [3.63, 3.8) is 0 Å². The summed E-state index contributed by atoms with van der Waals surface area (Å²) < 4.78 is 10.4. The highest BCUT2D eigenvalue weighted by atomic mass is 79.9. The maximum absolute atomic E-state index is 13.3. The second-order valence-electron chi connectivity index (χ2n) is 8.68. The monoisotopic (exact) mass is 620 g/mol. The van der Waals surface area contributed by atoms with Crippen molar-refractivity contribution < 1.29 is 31.1 Å². The van der Waals surface area contributed by atoms with Crippen LogP contribution in [-0.2, 0) is 17.9 Å². The summed E-state index contributed by atoms with van der Waals surface area (Å²) in [7, 11) is 0. The van der Waals surface area contributed by atoms with Crippen LogP contribution in [0.25, 0.3) is 0 Å². The molecule has 0 bridgehead atoms. The number of imidazole rings is 1. The van der Waals surface area contributed by atoms with Crippen molar-refractivity contribution >= 4 is 40.6 Å². The zero-order valence-electron chi connectivity index (χ0n) is 20.4. The number of benzene rings is 3. The molecular weight excluding hydrogens is 595 g/mol. The molecule has 194 valence electrons. The third kappa shape index (κ3) is 7.92. The summed E-state index contributed by atoms with van der Waals surface area (Å²) in [5, 5.41) is 1.80. The van der Waals surface area contributed by atoms with Crippen molar-refractivity contribution in [1.82, 2.24) is 4.57 Å². The Balaban J connectivity index is 0.00000380. The molecule has 4 aromatic rings. The van der Waals surface area contributed by atoms with Crippen molar-refractivity contribution in [3.05, 3.63) is 123 Å². The Kier molecular flexibility index (Phi) is 11.2. The minimum absolute atomic E-state index is 0. The summed E-state index contributed by atoms with van der Waals surface area (Å²) in [5.41, 5.74) is 2.57. The molecule has 0 aliphatic carbocycles. The van der Waals surface area contributed by atoms with Gasteiger partial charge in [-0.05, 0) is 36.2 Å². The fraction of sp³-hybridized carbons (Fsp3) is 0.241. The largest absolute Gasteiger partial charge is 1.00 e. The predicted molar refractivity (Wildman–Crippen MR) is 145 cm³/mol. The molecule has 2 unspecified atom stereocenters. The van der Waals surface area contributed by atoms with Crippen molar-refractivity contribution in [2.45, 2.75) is 45.1 Å². The molecule has 4 rings (SSSR count). The van der Waals surface area contributed by atoms with Crippen LogP contribution >= 0.6 is 34.8 Å². The minimum atomic E-state index is -0.333. The predicted octanol–water partition coefficient (Wildman–Crippen LogP) is 4.92. The smallest absolute Gasteiger partial charge is 0.244 e. The summed E-state index contributed by atoms with van der Waals surface area (Å²) in [6.45, 7) is 3.00. The summed E-state index contributed by atoms with van der Waals surface area (Å²) in [4.78, 5) is 13.3. The lowest BCUT2D eigenvalue weighted by molar-refractivity contribution is -0.708. The molecule has 0 radical (unpaired) electrons. The molecule has 0 saturated carbocycles. The number of rotatable bonds is 11. The molecule has 1 heterocycles. The van der Waals surface area contributed by atoms with Crippen LogP contribution in [0.1, 0.15) is 53.4 Å². The molecule has 2 atom stereocenters. The van der Waals surface area contributed by atoms with Crippen LogP contribution < -0.4 is 21.5 Å². The number of nitrogens with zero attached hydrogens (tertiary/aromatic N) is 2. The van der Waals surface area contributed by atoms with Gasteiger partial charge in [0.25, 0.3) is 0 Å². The zero-order chi connectivity index (χ0) is 25.5. The van der Waals surface area contributed by atoms with Gasteiger partial charge in [0.2, 0.25) is 12.1 Å². The molecule has 0 N–H and O–H groups in total. The van der Waals surface area contributed by atoms with E-state index in [1.807, 2.05) is 94.6 Å². The Morgan fingerprint density at radius 2 is 1.68 bits per heavy atom. The Labute approximate surface area is 243 Å². The van der Waals surface area contributed by atoms with Gasteiger partial charge in [-0.25, -0.2) is 9.13 Å². The van der Waals surface area contributed by atoms with Crippen LogP contribution in [0.4, 0.5) is 0 Å². The van der Waals surface area contributed by atoms with Gasteiger partial charge in [0.1, 0.15) is 25.0 Å². The van der Waals surface area contributed by atoms with Crippen LogP contribution in [0, 0.1) is 0 Å². The minimum Gasteiger partial charge on any atom is -1.00 e. The molecular formula is C29H28BrCl3N2O2. The van der Waals surface area contributed by atoms with Crippen molar-refractivity contribution in [3.8, 4) is 0 Å². The highest BCUT2D eigenvalue weighted by Gasteiger charge is 2.27. The average molecular weight is 623 g/mol. The third-order valence-corrected chi connectivity index (χ3v) is 6.86. The third-order valence-electron chi connectivity index (χ3n) is 6.05. The highest BCUT2D eigenvalue weighted by Crippen LogP contribution is 2.30. The number of halogens is 4. The van der Waals surface area contributed by atoms with E-state index in [9.17, 15) is 4.79 Å². The van der Waals surface area contributed by atoms with Gasteiger partial charge in [0, 0.05) is 26.2 Å². The van der Waals surface area contributed by atoms with Crippen molar-refractivity contribution in [2.24, 2.45) is 0 Å². The lowest BCUT2D eigenvalue weighted by Crippen LogP contribution is -3.00. The molecule has 37 heavy (non-hydrogen) atoms. The van der Waals surface area contributed by atoms with Gasteiger partial charge in [-0.3, -0.25) is 4.79 Å². The molecule has 0 saturated heterocycles. The first kappa shape index (κ1) is 29.4. The van der Waals surface area contributed by atoms with Crippen molar-refractivity contribution in [1.29, 1.82) is 0 Å². The van der Waals surface area contributed by atoms with Gasteiger partial charge in [0.15, 0.2) is 6.04 Å². The molecule has 0 aliphatic rings. The number of hydrogen-bond donors (Lipinski definition) is 0. The van der Waals surface area contributed by atoms with Crippen LogP contribution in [0.15, 0.2) is 91.5 Å². The first-order chi connectivity index (χ1) is 17.4. The molecule has 0 spiro atoms. The topological polar surface area (TPSA) is 35.1 Å². The van der Waals surface area contributed by atoms with Gasteiger partial charge in [-0.15, -0.1) is 0 Å². The van der Waals surface area contributed by atoms with Gasteiger partial charge >= 0.3 is 0 Å². The number of ketones is 1. The number of aromatic nitrogens is 2.